The molecule has 7 nitrogen and oxygen atoms in total. The van der Waals surface area contributed by atoms with Crippen molar-refractivity contribution in [2.24, 2.45) is 0 Å². The lowest BCUT2D eigenvalue weighted by molar-refractivity contribution is -0.141. The monoisotopic (exact) mass is 454 g/mol. The predicted octanol–water partition coefficient (Wildman–Crippen LogP) is 5.09. The summed E-state index contributed by atoms with van der Waals surface area (Å²) in [7, 11) is 2.04. The fourth-order valence-electron chi connectivity index (χ4n) is 3.78. The molecule has 0 saturated heterocycles. The average molecular weight is 454 g/mol. The predicted molar refractivity (Wildman–Crippen MR) is 118 cm³/mol. The molecule has 0 radical (unpaired) electrons. The van der Waals surface area contributed by atoms with Crippen molar-refractivity contribution in [1.29, 1.82) is 0 Å². The molecular weight excluding hydrogens is 433 g/mol. The number of halogens is 3. The molecule has 1 unspecified atom stereocenters. The van der Waals surface area contributed by atoms with Crippen molar-refractivity contribution in [2.75, 3.05) is 17.3 Å². The summed E-state index contributed by atoms with van der Waals surface area (Å²) in [6.45, 7) is 3.57. The number of hydrogen-bond acceptors (Lipinski definition) is 6. The zero-order valence-electron chi connectivity index (χ0n) is 18.0. The minimum atomic E-state index is -4.48. The van der Waals surface area contributed by atoms with Crippen LogP contribution in [0.1, 0.15) is 18.2 Å². The van der Waals surface area contributed by atoms with Gasteiger partial charge in [-0.15, -0.1) is 0 Å². The first-order valence-electron chi connectivity index (χ1n) is 10.4. The van der Waals surface area contributed by atoms with Gasteiger partial charge in [-0.25, -0.2) is 9.97 Å². The van der Waals surface area contributed by atoms with Crippen LogP contribution in [0.25, 0.3) is 11.0 Å². The van der Waals surface area contributed by atoms with E-state index in [1.165, 1.54) is 6.07 Å². The molecule has 170 valence electrons. The third-order valence-electron chi connectivity index (χ3n) is 5.68. The number of aromatic nitrogens is 4. The molecule has 0 fully saturated rings. The maximum absolute atomic E-state index is 12.6. The summed E-state index contributed by atoms with van der Waals surface area (Å²) in [4.78, 5) is 14.9. The number of likely N-dealkylation sites (N-methyl/N-ethyl adjacent to an activating group) is 1. The molecule has 0 saturated carbocycles. The van der Waals surface area contributed by atoms with E-state index in [0.29, 0.717) is 24.3 Å². The molecule has 1 aromatic carbocycles. The first-order chi connectivity index (χ1) is 15.8. The number of anilines is 2. The normalized spacial score (nSPS) is 15.7. The van der Waals surface area contributed by atoms with Gasteiger partial charge in [0.1, 0.15) is 22.7 Å². The quantitative estimate of drug-likeness (QED) is 0.453. The molecule has 1 atom stereocenters. The van der Waals surface area contributed by atoms with Crippen molar-refractivity contribution >= 4 is 22.8 Å². The van der Waals surface area contributed by atoms with E-state index in [-0.39, 0.29) is 5.75 Å². The van der Waals surface area contributed by atoms with E-state index in [1.807, 2.05) is 31.4 Å². The van der Waals surface area contributed by atoms with Gasteiger partial charge in [-0.05, 0) is 42.8 Å². The number of nitrogens with zero attached hydrogens (tertiary/aromatic N) is 5. The zero-order valence-corrected chi connectivity index (χ0v) is 18.0. The summed E-state index contributed by atoms with van der Waals surface area (Å²) in [5.74, 6) is 2.18. The minimum absolute atomic E-state index is 0.231. The van der Waals surface area contributed by atoms with Gasteiger partial charge in [0.05, 0.1) is 11.7 Å². The van der Waals surface area contributed by atoms with Gasteiger partial charge in [-0.3, -0.25) is 0 Å². The van der Waals surface area contributed by atoms with Crippen LogP contribution in [0.4, 0.5) is 24.9 Å². The Bertz CT molecular complexity index is 1280. The van der Waals surface area contributed by atoms with E-state index in [4.69, 9.17) is 9.72 Å². The van der Waals surface area contributed by atoms with Crippen LogP contribution >= 0.6 is 0 Å². The number of nitrogens with one attached hydrogen (secondary N) is 1. The fraction of sp³-hybridized carbons (Fsp3) is 0.261. The van der Waals surface area contributed by atoms with Crippen molar-refractivity contribution in [3.05, 3.63) is 66.1 Å². The van der Waals surface area contributed by atoms with Crippen LogP contribution in [-0.2, 0) is 19.3 Å². The van der Waals surface area contributed by atoms with E-state index in [9.17, 15) is 13.2 Å². The van der Waals surface area contributed by atoms with Crippen molar-refractivity contribution < 1.29 is 17.9 Å². The molecule has 5 rings (SSSR count). The number of hydrogen-bond donors (Lipinski definition) is 1. The van der Waals surface area contributed by atoms with Crippen LogP contribution in [-0.4, -0.2) is 32.6 Å². The SMILES string of the molecule is CC1Cn2ccc3nc(NCc4ccc(Oc5ccc(C(F)(F)F)nc5)cc4)nc(c32)N1C. The maximum atomic E-state index is 12.6. The summed E-state index contributed by atoms with van der Waals surface area (Å²) in [6.07, 6.45) is -1.37. The second-order valence-electron chi connectivity index (χ2n) is 8.01. The first kappa shape index (κ1) is 21.0. The second-order valence-corrected chi connectivity index (χ2v) is 8.01. The van der Waals surface area contributed by atoms with Crippen LogP contribution in [0, 0.1) is 0 Å². The molecule has 4 aromatic rings. The molecule has 10 heteroatoms. The van der Waals surface area contributed by atoms with Gasteiger partial charge in [0.15, 0.2) is 5.82 Å². The van der Waals surface area contributed by atoms with Gasteiger partial charge in [-0.2, -0.15) is 18.2 Å². The first-order valence-corrected chi connectivity index (χ1v) is 10.4. The topological polar surface area (TPSA) is 68.1 Å². The zero-order chi connectivity index (χ0) is 23.2. The Morgan fingerprint density at radius 2 is 1.82 bits per heavy atom. The van der Waals surface area contributed by atoms with E-state index >= 15 is 0 Å². The van der Waals surface area contributed by atoms with E-state index in [1.54, 1.807) is 12.1 Å². The Morgan fingerprint density at radius 3 is 2.52 bits per heavy atom. The van der Waals surface area contributed by atoms with Crippen LogP contribution in [0.5, 0.6) is 11.5 Å². The summed E-state index contributed by atoms with van der Waals surface area (Å²) >= 11 is 0. The van der Waals surface area contributed by atoms with Crippen molar-refractivity contribution in [1.82, 2.24) is 19.5 Å². The van der Waals surface area contributed by atoms with Gasteiger partial charge in [-0.1, -0.05) is 12.1 Å². The largest absolute Gasteiger partial charge is 0.456 e. The Morgan fingerprint density at radius 1 is 1.06 bits per heavy atom. The van der Waals surface area contributed by atoms with E-state index in [2.05, 4.69) is 31.7 Å². The Hall–Kier alpha value is -3.82. The van der Waals surface area contributed by atoms with Crippen molar-refractivity contribution in [3.8, 4) is 11.5 Å². The van der Waals surface area contributed by atoms with Crippen LogP contribution in [0.2, 0.25) is 0 Å². The number of ether oxygens (including phenoxy) is 1. The highest BCUT2D eigenvalue weighted by Gasteiger charge is 2.32. The van der Waals surface area contributed by atoms with Gasteiger partial charge < -0.3 is 19.5 Å². The minimum Gasteiger partial charge on any atom is -0.456 e. The highest BCUT2D eigenvalue weighted by atomic mass is 19.4. The lowest BCUT2D eigenvalue weighted by Crippen LogP contribution is -2.37. The van der Waals surface area contributed by atoms with E-state index in [0.717, 1.165) is 41.2 Å². The molecule has 0 bridgehead atoms. The van der Waals surface area contributed by atoms with Crippen molar-refractivity contribution in [3.63, 3.8) is 0 Å². The fourth-order valence-corrected chi connectivity index (χ4v) is 3.78. The molecule has 0 amide bonds. The molecule has 3 aromatic heterocycles. The van der Waals surface area contributed by atoms with Gasteiger partial charge in [0, 0.05) is 32.4 Å². The summed E-state index contributed by atoms with van der Waals surface area (Å²) < 4.78 is 45.6. The van der Waals surface area contributed by atoms with Gasteiger partial charge in [0.2, 0.25) is 5.95 Å². The molecule has 0 aliphatic carbocycles. The van der Waals surface area contributed by atoms with Crippen LogP contribution in [0.15, 0.2) is 54.9 Å². The Labute approximate surface area is 187 Å². The summed E-state index contributed by atoms with van der Waals surface area (Å²) in [6, 6.07) is 11.7. The second kappa shape index (κ2) is 7.95. The third kappa shape index (κ3) is 4.15. The number of rotatable bonds is 5. The van der Waals surface area contributed by atoms with Crippen LogP contribution in [0.3, 0.4) is 0 Å². The third-order valence-corrected chi connectivity index (χ3v) is 5.68. The molecular formula is C23H21F3N6O. The number of alkyl halides is 3. The molecule has 1 aliphatic heterocycles. The molecule has 33 heavy (non-hydrogen) atoms. The average Bonchev–Trinajstić information content (AvgIpc) is 3.19. The number of pyridine rings is 1. The highest BCUT2D eigenvalue weighted by Crippen LogP contribution is 2.32. The maximum Gasteiger partial charge on any atom is 0.433 e. The molecule has 1 N–H and O–H groups in total. The van der Waals surface area contributed by atoms with Crippen molar-refractivity contribution in [2.45, 2.75) is 32.2 Å². The lowest BCUT2D eigenvalue weighted by atomic mass is 10.2. The van der Waals surface area contributed by atoms with E-state index < -0.39 is 11.9 Å². The Balaban J connectivity index is 1.26. The molecule has 4 heterocycles. The number of benzene rings is 1. The molecule has 0 spiro atoms. The van der Waals surface area contributed by atoms with Gasteiger partial charge in [0.25, 0.3) is 0 Å². The smallest absolute Gasteiger partial charge is 0.433 e. The molecule has 1 aliphatic rings. The highest BCUT2D eigenvalue weighted by molar-refractivity contribution is 5.89. The lowest BCUT2D eigenvalue weighted by Gasteiger charge is -2.32. The summed E-state index contributed by atoms with van der Waals surface area (Å²) in [5, 5.41) is 3.27. The Kier molecular flexibility index (Phi) is 5.07. The van der Waals surface area contributed by atoms with Crippen LogP contribution < -0.4 is 15.0 Å². The summed E-state index contributed by atoms with van der Waals surface area (Å²) in [5.41, 5.74) is 1.96. The standard InChI is InChI=1S/C23H21F3N6O/c1-14-13-32-10-9-18-20(32)21(31(14)2)30-22(29-18)28-11-15-3-5-16(6-4-15)33-17-7-8-19(27-12-17)23(24,25)26/h3-10,12,14H,11,13H2,1-2H3,(H,28,29,30). The van der Waals surface area contributed by atoms with Gasteiger partial charge >= 0.3 is 6.18 Å².